The Labute approximate surface area is 226 Å². The molecule has 0 saturated carbocycles. The molecule has 0 radical (unpaired) electrons. The van der Waals surface area contributed by atoms with E-state index >= 15 is 0 Å². The molecule has 4 aromatic carbocycles. The van der Waals surface area contributed by atoms with Gasteiger partial charge in [-0.05, 0) is 64.6 Å². The Hall–Kier alpha value is -4.36. The van der Waals surface area contributed by atoms with E-state index < -0.39 is 39.9 Å². The van der Waals surface area contributed by atoms with E-state index in [2.05, 4.69) is 16.1 Å². The number of nitrogens with one attached hydrogen (secondary N) is 2. The number of carboxylic acid groups (broad SMARTS) is 1. The molecule has 3 N–H and O–H groups in total. The maximum absolute atomic E-state index is 14.1. The third-order valence-electron chi connectivity index (χ3n) is 6.91. The summed E-state index contributed by atoms with van der Waals surface area (Å²) < 4.78 is 29.7. The number of carbonyl (C=O) groups excluding carboxylic acids is 1. The summed E-state index contributed by atoms with van der Waals surface area (Å²) in [5.41, 5.74) is 2.29. The average molecular weight is 540 g/mol. The fraction of sp³-hybridized carbons (Fsp3) is 0.167. The summed E-state index contributed by atoms with van der Waals surface area (Å²) in [5.74, 6) is -1.61. The molecule has 1 aliphatic heterocycles. The fourth-order valence-electron chi connectivity index (χ4n) is 4.96. The van der Waals surface area contributed by atoms with E-state index in [1.54, 1.807) is 66.7 Å². The topological polar surface area (TPSA) is 136 Å². The van der Waals surface area contributed by atoms with Crippen molar-refractivity contribution in [1.29, 1.82) is 5.26 Å². The average Bonchev–Trinajstić information content (AvgIpc) is 2.95. The molecule has 0 aliphatic carbocycles. The number of nitriles is 1. The molecule has 3 atom stereocenters. The molecule has 0 amide bonds. The normalized spacial score (nSPS) is 17.6. The molecule has 0 bridgehead atoms. The van der Waals surface area contributed by atoms with Crippen LogP contribution in [0.25, 0.3) is 10.8 Å². The molecule has 4 aromatic rings. The highest BCUT2D eigenvalue weighted by Crippen LogP contribution is 2.28. The van der Waals surface area contributed by atoms with Crippen molar-refractivity contribution in [2.45, 2.75) is 35.9 Å². The molecule has 2 unspecified atom stereocenters. The standard InChI is InChI=1S/C30H25N3O5S/c31-18-20-7-5-6-19(14-20)15-26(33-39(37,38)24-13-12-21-8-1-2-9-22(21)16-24)29(34)28-25-11-4-3-10-23(25)17-27(32-28)30(35)36/h1-14,16,26-28,32-33H,15,17H2,(H,35,36)/t26-,27?,28?/m0/s1. The van der Waals surface area contributed by atoms with Crippen molar-refractivity contribution in [1.82, 2.24) is 10.0 Å². The second-order valence-electron chi connectivity index (χ2n) is 9.49. The Morgan fingerprint density at radius 2 is 1.72 bits per heavy atom. The Morgan fingerprint density at radius 3 is 2.49 bits per heavy atom. The van der Waals surface area contributed by atoms with Crippen LogP contribution in [0.2, 0.25) is 0 Å². The molecular formula is C30H25N3O5S. The molecule has 0 spiro atoms. The summed E-state index contributed by atoms with van der Waals surface area (Å²) in [6, 6.07) is 24.5. The van der Waals surface area contributed by atoms with Crippen LogP contribution in [0, 0.1) is 11.3 Å². The van der Waals surface area contributed by atoms with E-state index in [4.69, 9.17) is 0 Å². The van der Waals surface area contributed by atoms with Crippen LogP contribution in [0.4, 0.5) is 0 Å². The molecule has 39 heavy (non-hydrogen) atoms. The quantitative estimate of drug-likeness (QED) is 0.312. The lowest BCUT2D eigenvalue weighted by Gasteiger charge is -2.32. The number of Topliss-reactive ketones (excluding diaryl/α,β-unsaturated/α-hetero) is 1. The van der Waals surface area contributed by atoms with Gasteiger partial charge in [0.05, 0.1) is 28.6 Å². The van der Waals surface area contributed by atoms with E-state index in [9.17, 15) is 28.4 Å². The lowest BCUT2D eigenvalue weighted by molar-refractivity contribution is -0.140. The van der Waals surface area contributed by atoms with Crippen LogP contribution in [0.3, 0.4) is 0 Å². The second kappa shape index (κ2) is 10.8. The molecule has 5 rings (SSSR count). The lowest BCUT2D eigenvalue weighted by atomic mass is 9.85. The molecule has 1 aliphatic rings. The van der Waals surface area contributed by atoms with E-state index in [0.29, 0.717) is 22.3 Å². The predicted octanol–water partition coefficient (Wildman–Crippen LogP) is 3.51. The number of fused-ring (bicyclic) bond motifs is 2. The van der Waals surface area contributed by atoms with Gasteiger partial charge < -0.3 is 5.11 Å². The van der Waals surface area contributed by atoms with Gasteiger partial charge in [-0.2, -0.15) is 5.26 Å². The summed E-state index contributed by atoms with van der Waals surface area (Å²) in [6.45, 7) is 0. The van der Waals surface area contributed by atoms with E-state index in [-0.39, 0.29) is 17.7 Å². The Bertz CT molecular complexity index is 1730. The van der Waals surface area contributed by atoms with Crippen LogP contribution in [0.15, 0.2) is 95.9 Å². The molecule has 0 saturated heterocycles. The Morgan fingerprint density at radius 1 is 0.974 bits per heavy atom. The third kappa shape index (κ3) is 5.59. The number of aliphatic carboxylic acids is 1. The first-order valence-electron chi connectivity index (χ1n) is 12.4. The van der Waals surface area contributed by atoms with Crippen molar-refractivity contribution in [3.05, 3.63) is 113 Å². The fourth-order valence-corrected chi connectivity index (χ4v) is 6.20. The van der Waals surface area contributed by atoms with Crippen LogP contribution in [-0.4, -0.2) is 37.4 Å². The lowest BCUT2D eigenvalue weighted by Crippen LogP contribution is -2.52. The van der Waals surface area contributed by atoms with Gasteiger partial charge in [-0.25, -0.2) is 13.1 Å². The number of sulfonamides is 1. The van der Waals surface area contributed by atoms with Crippen LogP contribution in [-0.2, 0) is 32.5 Å². The van der Waals surface area contributed by atoms with Gasteiger partial charge in [0.25, 0.3) is 0 Å². The van der Waals surface area contributed by atoms with Gasteiger partial charge in [0.1, 0.15) is 6.04 Å². The van der Waals surface area contributed by atoms with Gasteiger partial charge in [-0.3, -0.25) is 14.9 Å². The number of ketones is 1. The largest absolute Gasteiger partial charge is 0.480 e. The third-order valence-corrected chi connectivity index (χ3v) is 8.38. The highest BCUT2D eigenvalue weighted by atomic mass is 32.2. The van der Waals surface area contributed by atoms with Gasteiger partial charge in [-0.1, -0.05) is 66.7 Å². The van der Waals surface area contributed by atoms with Crippen molar-refractivity contribution in [3.8, 4) is 6.07 Å². The Kier molecular flexibility index (Phi) is 7.26. The van der Waals surface area contributed by atoms with Crippen molar-refractivity contribution in [2.24, 2.45) is 0 Å². The molecular weight excluding hydrogens is 514 g/mol. The van der Waals surface area contributed by atoms with Gasteiger partial charge in [0, 0.05) is 0 Å². The molecule has 1 heterocycles. The monoisotopic (exact) mass is 539 g/mol. The van der Waals surface area contributed by atoms with Gasteiger partial charge in [0.15, 0.2) is 5.78 Å². The van der Waals surface area contributed by atoms with Crippen molar-refractivity contribution < 1.29 is 23.1 Å². The maximum atomic E-state index is 14.1. The molecule has 0 fully saturated rings. The van der Waals surface area contributed by atoms with E-state index in [0.717, 1.165) is 10.8 Å². The number of nitrogens with zero attached hydrogens (tertiary/aromatic N) is 1. The minimum atomic E-state index is -4.16. The minimum absolute atomic E-state index is 0.00481. The van der Waals surface area contributed by atoms with Gasteiger partial charge in [-0.15, -0.1) is 0 Å². The number of carbonyl (C=O) groups is 2. The van der Waals surface area contributed by atoms with Crippen LogP contribution in [0.1, 0.15) is 28.3 Å². The first-order chi connectivity index (χ1) is 18.7. The van der Waals surface area contributed by atoms with Gasteiger partial charge >= 0.3 is 5.97 Å². The zero-order valence-electron chi connectivity index (χ0n) is 20.7. The zero-order valence-corrected chi connectivity index (χ0v) is 21.6. The minimum Gasteiger partial charge on any atom is -0.480 e. The first-order valence-corrected chi connectivity index (χ1v) is 13.8. The van der Waals surface area contributed by atoms with Crippen molar-refractivity contribution in [2.75, 3.05) is 0 Å². The summed E-state index contributed by atoms with van der Waals surface area (Å²) in [6.07, 6.45) is 0.173. The van der Waals surface area contributed by atoms with Crippen molar-refractivity contribution in [3.63, 3.8) is 0 Å². The number of carboxylic acids is 1. The maximum Gasteiger partial charge on any atom is 0.321 e. The first kappa shape index (κ1) is 26.3. The smallest absolute Gasteiger partial charge is 0.321 e. The molecule has 9 heteroatoms. The second-order valence-corrected chi connectivity index (χ2v) is 11.2. The number of benzene rings is 4. The molecule has 196 valence electrons. The molecule has 0 aromatic heterocycles. The van der Waals surface area contributed by atoms with Crippen LogP contribution in [0.5, 0.6) is 0 Å². The SMILES string of the molecule is N#Cc1cccc(C[C@H](NS(=O)(=O)c2ccc3ccccc3c2)C(=O)C2NC(C(=O)O)Cc3ccccc32)c1. The number of hydrogen-bond acceptors (Lipinski definition) is 6. The molecule has 8 nitrogen and oxygen atoms in total. The number of rotatable bonds is 8. The number of hydrogen-bond donors (Lipinski definition) is 3. The Balaban J connectivity index is 1.54. The summed E-state index contributed by atoms with van der Waals surface area (Å²) in [7, 11) is -4.16. The zero-order chi connectivity index (χ0) is 27.6. The summed E-state index contributed by atoms with van der Waals surface area (Å²) in [4.78, 5) is 25.9. The van der Waals surface area contributed by atoms with Crippen LogP contribution < -0.4 is 10.0 Å². The van der Waals surface area contributed by atoms with E-state index in [1.807, 2.05) is 18.2 Å². The van der Waals surface area contributed by atoms with Gasteiger partial charge in [0.2, 0.25) is 10.0 Å². The highest BCUT2D eigenvalue weighted by Gasteiger charge is 2.38. The highest BCUT2D eigenvalue weighted by molar-refractivity contribution is 7.89. The predicted molar refractivity (Wildman–Crippen MR) is 145 cm³/mol. The van der Waals surface area contributed by atoms with Crippen LogP contribution >= 0.6 is 0 Å². The summed E-state index contributed by atoms with van der Waals surface area (Å²) in [5, 5.41) is 23.5. The van der Waals surface area contributed by atoms with E-state index in [1.165, 1.54) is 6.07 Å². The van der Waals surface area contributed by atoms with Crippen molar-refractivity contribution >= 4 is 32.5 Å². The summed E-state index contributed by atoms with van der Waals surface area (Å²) >= 11 is 0.